The van der Waals surface area contributed by atoms with E-state index in [2.05, 4.69) is 15.5 Å². The van der Waals surface area contributed by atoms with Crippen LogP contribution in [0.5, 0.6) is 0 Å². The first-order chi connectivity index (χ1) is 11.8. The summed E-state index contributed by atoms with van der Waals surface area (Å²) in [5.74, 6) is 0.183. The van der Waals surface area contributed by atoms with Crippen LogP contribution in [0.25, 0.3) is 0 Å². The standard InChI is InChI=1S/C18H26F3N3O/c1-22-10-9-16(25)23-12-14-4-3-11-24(2)17(14)13-5-7-15(8-6-13)18(19,20)21/h5-8,14,17,22H,3-4,9-12H2,1-2H3,(H,23,25). The molecule has 0 aromatic heterocycles. The van der Waals surface area contributed by atoms with Gasteiger partial charge in [0.1, 0.15) is 0 Å². The van der Waals surface area contributed by atoms with Gasteiger partial charge < -0.3 is 10.6 Å². The normalized spacial score (nSPS) is 22.0. The van der Waals surface area contributed by atoms with E-state index in [0.29, 0.717) is 19.5 Å². The van der Waals surface area contributed by atoms with Crippen LogP contribution in [0, 0.1) is 5.92 Å². The third-order valence-corrected chi connectivity index (χ3v) is 4.75. The molecule has 1 aromatic rings. The summed E-state index contributed by atoms with van der Waals surface area (Å²) in [5, 5.41) is 5.89. The minimum absolute atomic E-state index is 0.00579. The third kappa shape index (κ3) is 5.44. The summed E-state index contributed by atoms with van der Waals surface area (Å²) in [6.45, 7) is 2.06. The highest BCUT2D eigenvalue weighted by molar-refractivity contribution is 5.76. The second-order valence-corrected chi connectivity index (χ2v) is 6.61. The highest BCUT2D eigenvalue weighted by Crippen LogP contribution is 2.36. The third-order valence-electron chi connectivity index (χ3n) is 4.75. The molecule has 1 amide bonds. The van der Waals surface area contributed by atoms with Crippen LogP contribution in [-0.2, 0) is 11.0 Å². The van der Waals surface area contributed by atoms with E-state index in [1.165, 1.54) is 0 Å². The van der Waals surface area contributed by atoms with Gasteiger partial charge in [0, 0.05) is 25.6 Å². The van der Waals surface area contributed by atoms with Crippen molar-refractivity contribution < 1.29 is 18.0 Å². The Morgan fingerprint density at radius 1 is 1.28 bits per heavy atom. The molecule has 1 aliphatic rings. The van der Waals surface area contributed by atoms with E-state index in [0.717, 1.165) is 37.1 Å². The van der Waals surface area contributed by atoms with Crippen LogP contribution in [0.4, 0.5) is 13.2 Å². The highest BCUT2D eigenvalue weighted by atomic mass is 19.4. The predicted molar refractivity (Wildman–Crippen MR) is 91.1 cm³/mol. The maximum atomic E-state index is 12.8. The zero-order valence-electron chi connectivity index (χ0n) is 14.7. The minimum Gasteiger partial charge on any atom is -0.356 e. The number of nitrogens with one attached hydrogen (secondary N) is 2. The predicted octanol–water partition coefficient (Wildman–Crippen LogP) is 2.81. The SMILES string of the molecule is CNCCC(=O)NCC1CCCN(C)C1c1ccc(C(F)(F)F)cc1. The number of piperidine rings is 1. The summed E-state index contributed by atoms with van der Waals surface area (Å²) in [5.41, 5.74) is 0.233. The lowest BCUT2D eigenvalue weighted by atomic mass is 9.84. The van der Waals surface area contributed by atoms with E-state index >= 15 is 0 Å². The molecule has 1 heterocycles. The fourth-order valence-corrected chi connectivity index (χ4v) is 3.44. The smallest absolute Gasteiger partial charge is 0.356 e. The lowest BCUT2D eigenvalue weighted by Crippen LogP contribution is -2.42. The van der Waals surface area contributed by atoms with Crippen LogP contribution in [0.2, 0.25) is 0 Å². The summed E-state index contributed by atoms with van der Waals surface area (Å²) in [6, 6.07) is 5.41. The van der Waals surface area contributed by atoms with Crippen molar-refractivity contribution in [2.45, 2.75) is 31.5 Å². The van der Waals surface area contributed by atoms with E-state index in [4.69, 9.17) is 0 Å². The fraction of sp³-hybridized carbons (Fsp3) is 0.611. The Kier molecular flexibility index (Phi) is 6.84. The Hall–Kier alpha value is -1.60. The summed E-state index contributed by atoms with van der Waals surface area (Å²) >= 11 is 0. The van der Waals surface area contributed by atoms with Crippen molar-refractivity contribution in [2.24, 2.45) is 5.92 Å². The number of rotatable bonds is 6. The lowest BCUT2D eigenvalue weighted by molar-refractivity contribution is -0.137. The average Bonchev–Trinajstić information content (AvgIpc) is 2.57. The first-order valence-corrected chi connectivity index (χ1v) is 8.61. The second-order valence-electron chi connectivity index (χ2n) is 6.61. The van der Waals surface area contributed by atoms with Gasteiger partial charge in [-0.3, -0.25) is 9.69 Å². The highest BCUT2D eigenvalue weighted by Gasteiger charge is 2.33. The Morgan fingerprint density at radius 3 is 2.56 bits per heavy atom. The van der Waals surface area contributed by atoms with Gasteiger partial charge in [0.25, 0.3) is 0 Å². The summed E-state index contributed by atoms with van der Waals surface area (Å²) in [7, 11) is 3.78. The molecule has 25 heavy (non-hydrogen) atoms. The number of nitrogens with zero attached hydrogens (tertiary/aromatic N) is 1. The quantitative estimate of drug-likeness (QED) is 0.823. The monoisotopic (exact) mass is 357 g/mol. The van der Waals surface area contributed by atoms with Crippen LogP contribution in [0.15, 0.2) is 24.3 Å². The number of likely N-dealkylation sites (tertiary alicyclic amines) is 1. The molecule has 2 unspecified atom stereocenters. The van der Waals surface area contributed by atoms with E-state index in [1.807, 2.05) is 7.05 Å². The maximum Gasteiger partial charge on any atom is 0.416 e. The van der Waals surface area contributed by atoms with Crippen LogP contribution in [-0.4, -0.2) is 44.5 Å². The Balaban J connectivity index is 2.07. The van der Waals surface area contributed by atoms with Crippen LogP contribution >= 0.6 is 0 Å². The van der Waals surface area contributed by atoms with Gasteiger partial charge in [-0.2, -0.15) is 13.2 Å². The van der Waals surface area contributed by atoms with Crippen molar-refractivity contribution in [1.82, 2.24) is 15.5 Å². The number of carbonyl (C=O) groups is 1. The van der Waals surface area contributed by atoms with Gasteiger partial charge in [0.2, 0.25) is 5.91 Å². The van der Waals surface area contributed by atoms with Crippen molar-refractivity contribution in [3.8, 4) is 0 Å². The van der Waals surface area contributed by atoms with Crippen LogP contribution < -0.4 is 10.6 Å². The number of benzene rings is 1. The van der Waals surface area contributed by atoms with Gasteiger partial charge in [-0.1, -0.05) is 12.1 Å². The first kappa shape index (κ1) is 19.7. The number of amides is 1. The fourth-order valence-electron chi connectivity index (χ4n) is 3.44. The molecule has 7 heteroatoms. The van der Waals surface area contributed by atoms with Crippen molar-refractivity contribution >= 4 is 5.91 Å². The van der Waals surface area contributed by atoms with Crippen molar-refractivity contribution in [3.63, 3.8) is 0 Å². The molecule has 1 fully saturated rings. The zero-order valence-corrected chi connectivity index (χ0v) is 14.7. The molecule has 0 spiro atoms. The molecule has 2 atom stereocenters. The molecule has 2 rings (SSSR count). The Bertz CT molecular complexity index is 560. The van der Waals surface area contributed by atoms with E-state index in [9.17, 15) is 18.0 Å². The molecular formula is C18H26F3N3O. The van der Waals surface area contributed by atoms with Gasteiger partial charge in [-0.05, 0) is 57.1 Å². The zero-order chi connectivity index (χ0) is 18.4. The molecule has 140 valence electrons. The van der Waals surface area contributed by atoms with Crippen LogP contribution in [0.1, 0.15) is 36.4 Å². The number of hydrogen-bond acceptors (Lipinski definition) is 3. The summed E-state index contributed by atoms with van der Waals surface area (Å²) in [6.07, 6.45) is -1.94. The van der Waals surface area contributed by atoms with Crippen LogP contribution in [0.3, 0.4) is 0 Å². The summed E-state index contributed by atoms with van der Waals surface area (Å²) < 4.78 is 38.3. The average molecular weight is 357 g/mol. The number of alkyl halides is 3. The molecular weight excluding hydrogens is 331 g/mol. The number of hydrogen-bond donors (Lipinski definition) is 2. The van der Waals surface area contributed by atoms with Gasteiger partial charge in [-0.15, -0.1) is 0 Å². The number of halogens is 3. The van der Waals surface area contributed by atoms with Gasteiger partial charge >= 0.3 is 6.18 Å². The lowest BCUT2D eigenvalue weighted by Gasteiger charge is -2.39. The molecule has 1 aromatic carbocycles. The minimum atomic E-state index is -4.32. The Morgan fingerprint density at radius 2 is 1.96 bits per heavy atom. The second kappa shape index (κ2) is 8.67. The Labute approximate surface area is 146 Å². The van der Waals surface area contributed by atoms with E-state index in [-0.39, 0.29) is 17.9 Å². The molecule has 1 saturated heterocycles. The molecule has 0 bridgehead atoms. The van der Waals surface area contributed by atoms with Gasteiger partial charge in [-0.25, -0.2) is 0 Å². The van der Waals surface area contributed by atoms with Crippen molar-refractivity contribution in [1.29, 1.82) is 0 Å². The molecule has 1 aliphatic heterocycles. The number of carbonyl (C=O) groups excluding carboxylic acids is 1. The molecule has 0 saturated carbocycles. The molecule has 0 aliphatic carbocycles. The largest absolute Gasteiger partial charge is 0.416 e. The van der Waals surface area contributed by atoms with Crippen molar-refractivity contribution in [3.05, 3.63) is 35.4 Å². The van der Waals surface area contributed by atoms with E-state index < -0.39 is 11.7 Å². The van der Waals surface area contributed by atoms with Crippen molar-refractivity contribution in [2.75, 3.05) is 33.7 Å². The summed E-state index contributed by atoms with van der Waals surface area (Å²) in [4.78, 5) is 14.0. The van der Waals surface area contributed by atoms with Gasteiger partial charge in [0.05, 0.1) is 5.56 Å². The van der Waals surface area contributed by atoms with Gasteiger partial charge in [0.15, 0.2) is 0 Å². The molecule has 4 nitrogen and oxygen atoms in total. The molecule has 2 N–H and O–H groups in total. The topological polar surface area (TPSA) is 44.4 Å². The van der Waals surface area contributed by atoms with E-state index in [1.54, 1.807) is 19.2 Å². The first-order valence-electron chi connectivity index (χ1n) is 8.61. The maximum absolute atomic E-state index is 12.8. The molecule has 0 radical (unpaired) electrons.